The lowest BCUT2D eigenvalue weighted by atomic mass is 9.87. The van der Waals surface area contributed by atoms with E-state index in [9.17, 15) is 0 Å². The molecule has 1 aromatic heterocycles. The Morgan fingerprint density at radius 1 is 1.22 bits per heavy atom. The number of halogens is 1. The molecule has 0 radical (unpaired) electrons. The molecule has 0 aliphatic carbocycles. The number of nitrogens with two attached hydrogens (primary N) is 1. The Morgan fingerprint density at radius 3 is 2.44 bits per heavy atom. The van der Waals surface area contributed by atoms with Gasteiger partial charge in [0.2, 0.25) is 0 Å². The average Bonchev–Trinajstić information content (AvgIpc) is 2.39. The van der Waals surface area contributed by atoms with Crippen molar-refractivity contribution in [3.8, 4) is 6.01 Å². The van der Waals surface area contributed by atoms with E-state index in [4.69, 9.17) is 22.1 Å². The van der Waals surface area contributed by atoms with Crippen molar-refractivity contribution in [3.63, 3.8) is 0 Å². The van der Waals surface area contributed by atoms with Gasteiger partial charge in [0.05, 0.1) is 12.6 Å². The fourth-order valence-corrected chi connectivity index (χ4v) is 1.86. The van der Waals surface area contributed by atoms with Gasteiger partial charge in [-0.25, -0.2) is 9.97 Å². The molecule has 5 heteroatoms. The molecule has 2 rings (SSSR count). The zero-order valence-corrected chi connectivity index (χ0v) is 11.0. The van der Waals surface area contributed by atoms with Crippen LogP contribution in [0.15, 0.2) is 36.7 Å². The Morgan fingerprint density at radius 2 is 1.89 bits per heavy atom. The van der Waals surface area contributed by atoms with E-state index < -0.39 is 5.54 Å². The first-order valence-electron chi connectivity index (χ1n) is 5.45. The lowest BCUT2D eigenvalue weighted by Crippen LogP contribution is -2.34. The molecule has 2 N–H and O–H groups in total. The number of benzene rings is 1. The first kappa shape index (κ1) is 12.8. The molecule has 1 aromatic carbocycles. The summed E-state index contributed by atoms with van der Waals surface area (Å²) in [6, 6.07) is 7.77. The van der Waals surface area contributed by atoms with E-state index in [0.717, 1.165) is 11.1 Å². The molecule has 0 spiro atoms. The molecule has 1 heterocycles. The van der Waals surface area contributed by atoms with E-state index in [1.807, 2.05) is 31.2 Å². The molecular weight excluding hydrogens is 250 g/mol. The van der Waals surface area contributed by atoms with Crippen molar-refractivity contribution in [2.45, 2.75) is 12.5 Å². The largest absolute Gasteiger partial charge is 0.467 e. The number of hydrogen-bond acceptors (Lipinski definition) is 4. The number of nitrogens with zero attached hydrogens (tertiary/aromatic N) is 2. The smallest absolute Gasteiger partial charge is 0.316 e. The zero-order chi connectivity index (χ0) is 13.2. The highest BCUT2D eigenvalue weighted by Gasteiger charge is 2.24. The molecule has 94 valence electrons. The first-order valence-corrected chi connectivity index (χ1v) is 5.83. The predicted molar refractivity (Wildman–Crippen MR) is 70.7 cm³/mol. The van der Waals surface area contributed by atoms with Gasteiger partial charge in [-0.3, -0.25) is 0 Å². The van der Waals surface area contributed by atoms with Crippen molar-refractivity contribution >= 4 is 11.6 Å². The molecule has 0 amide bonds. The number of rotatable bonds is 3. The van der Waals surface area contributed by atoms with Crippen molar-refractivity contribution in [3.05, 3.63) is 52.8 Å². The fourth-order valence-electron chi connectivity index (χ4n) is 1.67. The summed E-state index contributed by atoms with van der Waals surface area (Å²) in [5.41, 5.74) is 7.35. The van der Waals surface area contributed by atoms with Crippen LogP contribution in [-0.4, -0.2) is 17.1 Å². The third-order valence-corrected chi connectivity index (χ3v) is 3.07. The van der Waals surface area contributed by atoms with Crippen LogP contribution in [0.2, 0.25) is 5.02 Å². The summed E-state index contributed by atoms with van der Waals surface area (Å²) in [6.45, 7) is 1.89. The van der Waals surface area contributed by atoms with E-state index in [2.05, 4.69) is 9.97 Å². The second-order valence-electron chi connectivity index (χ2n) is 4.17. The van der Waals surface area contributed by atoms with Crippen molar-refractivity contribution in [2.24, 2.45) is 5.73 Å². The number of methoxy groups -OCH3 is 1. The Bertz CT molecular complexity index is 540. The van der Waals surface area contributed by atoms with Gasteiger partial charge in [0.25, 0.3) is 0 Å². The third kappa shape index (κ3) is 2.44. The molecule has 1 atom stereocenters. The second-order valence-corrected chi connectivity index (χ2v) is 4.61. The average molecular weight is 264 g/mol. The molecule has 2 aromatic rings. The van der Waals surface area contributed by atoms with Crippen molar-refractivity contribution < 1.29 is 4.74 Å². The van der Waals surface area contributed by atoms with E-state index in [1.54, 1.807) is 12.4 Å². The molecule has 0 fully saturated rings. The summed E-state index contributed by atoms with van der Waals surface area (Å²) >= 11 is 5.98. The number of ether oxygens (including phenoxy) is 1. The van der Waals surface area contributed by atoms with Crippen LogP contribution in [0.1, 0.15) is 18.1 Å². The van der Waals surface area contributed by atoms with Crippen LogP contribution in [0.4, 0.5) is 0 Å². The first-order chi connectivity index (χ1) is 8.54. The van der Waals surface area contributed by atoms with E-state index in [1.165, 1.54) is 7.11 Å². The molecule has 0 aliphatic rings. The van der Waals surface area contributed by atoms with Gasteiger partial charge in [0.1, 0.15) is 0 Å². The molecule has 0 bridgehead atoms. The molecular formula is C13H14ClN3O. The third-order valence-electron chi connectivity index (χ3n) is 2.83. The van der Waals surface area contributed by atoms with Gasteiger partial charge in [-0.2, -0.15) is 0 Å². The molecule has 18 heavy (non-hydrogen) atoms. The Balaban J connectivity index is 2.40. The van der Waals surface area contributed by atoms with E-state index in [-0.39, 0.29) is 0 Å². The summed E-state index contributed by atoms with van der Waals surface area (Å²) in [5.74, 6) is 0. The van der Waals surface area contributed by atoms with Gasteiger partial charge in [0.15, 0.2) is 0 Å². The quantitative estimate of drug-likeness (QED) is 0.924. The highest BCUT2D eigenvalue weighted by atomic mass is 35.5. The Hall–Kier alpha value is -1.65. The molecule has 4 nitrogen and oxygen atoms in total. The highest BCUT2D eigenvalue weighted by Crippen LogP contribution is 2.27. The summed E-state index contributed by atoms with van der Waals surface area (Å²) in [5, 5.41) is 0.651. The standard InChI is InChI=1S/C13H14ClN3O/c1-13(15,9-4-3-5-11(14)6-9)10-7-16-12(18-2)17-8-10/h3-8H,15H2,1-2H3. The van der Waals surface area contributed by atoms with E-state index >= 15 is 0 Å². The molecule has 0 saturated carbocycles. The second kappa shape index (κ2) is 4.92. The van der Waals surface area contributed by atoms with Crippen LogP contribution in [0.25, 0.3) is 0 Å². The van der Waals surface area contributed by atoms with E-state index in [0.29, 0.717) is 11.0 Å². The monoisotopic (exact) mass is 263 g/mol. The van der Waals surface area contributed by atoms with Crippen LogP contribution in [-0.2, 0) is 5.54 Å². The fraction of sp³-hybridized carbons (Fsp3) is 0.231. The zero-order valence-electron chi connectivity index (χ0n) is 10.2. The lowest BCUT2D eigenvalue weighted by Gasteiger charge is -2.25. The summed E-state index contributed by atoms with van der Waals surface area (Å²) in [6.07, 6.45) is 3.32. The Kier molecular flexibility index (Phi) is 3.50. The minimum Gasteiger partial charge on any atom is -0.467 e. The maximum absolute atomic E-state index is 6.34. The van der Waals surface area contributed by atoms with Crippen LogP contribution in [0.3, 0.4) is 0 Å². The van der Waals surface area contributed by atoms with Gasteiger partial charge in [-0.1, -0.05) is 23.7 Å². The normalized spacial score (nSPS) is 14.0. The summed E-state index contributed by atoms with van der Waals surface area (Å²) in [4.78, 5) is 8.13. The van der Waals surface area contributed by atoms with Gasteiger partial charge >= 0.3 is 6.01 Å². The summed E-state index contributed by atoms with van der Waals surface area (Å²) in [7, 11) is 1.52. The van der Waals surface area contributed by atoms with Gasteiger partial charge in [-0.05, 0) is 24.6 Å². The molecule has 0 aliphatic heterocycles. The van der Waals surface area contributed by atoms with Crippen LogP contribution >= 0.6 is 11.6 Å². The van der Waals surface area contributed by atoms with Crippen LogP contribution in [0.5, 0.6) is 6.01 Å². The predicted octanol–water partition coefficient (Wildman–Crippen LogP) is 2.36. The Labute approximate surface area is 111 Å². The minimum absolute atomic E-state index is 0.320. The van der Waals surface area contributed by atoms with Gasteiger partial charge in [-0.15, -0.1) is 0 Å². The number of aromatic nitrogens is 2. The lowest BCUT2D eigenvalue weighted by molar-refractivity contribution is 0.378. The van der Waals surface area contributed by atoms with Gasteiger partial charge < -0.3 is 10.5 Å². The van der Waals surface area contributed by atoms with Crippen molar-refractivity contribution in [2.75, 3.05) is 7.11 Å². The summed E-state index contributed by atoms with van der Waals surface area (Å²) < 4.78 is 4.92. The topological polar surface area (TPSA) is 61.0 Å². The van der Waals surface area contributed by atoms with Crippen LogP contribution < -0.4 is 10.5 Å². The SMILES string of the molecule is COc1ncc(C(C)(N)c2cccc(Cl)c2)cn1. The van der Waals surface area contributed by atoms with Crippen molar-refractivity contribution in [1.29, 1.82) is 0 Å². The maximum Gasteiger partial charge on any atom is 0.316 e. The highest BCUT2D eigenvalue weighted by molar-refractivity contribution is 6.30. The van der Waals surface area contributed by atoms with Gasteiger partial charge in [0, 0.05) is 23.0 Å². The molecule has 0 saturated heterocycles. The van der Waals surface area contributed by atoms with Crippen LogP contribution in [0, 0.1) is 0 Å². The minimum atomic E-state index is -0.697. The molecule has 1 unspecified atom stereocenters. The maximum atomic E-state index is 6.34. The van der Waals surface area contributed by atoms with Crippen molar-refractivity contribution in [1.82, 2.24) is 9.97 Å². The number of hydrogen-bond donors (Lipinski definition) is 1.